The van der Waals surface area contributed by atoms with Crippen LogP contribution in [0.15, 0.2) is 30.3 Å². The van der Waals surface area contributed by atoms with Crippen molar-refractivity contribution in [2.45, 2.75) is 141 Å². The molecule has 21 nitrogen and oxygen atoms in total. The number of carboxylic acids is 3. The third kappa shape index (κ3) is 21.8. The van der Waals surface area contributed by atoms with Crippen LogP contribution in [-0.4, -0.2) is 122 Å². The molecule has 0 fully saturated rings. The van der Waals surface area contributed by atoms with Gasteiger partial charge in [-0.2, -0.15) is 11.8 Å². The number of aliphatic carboxylic acids is 3. The van der Waals surface area contributed by atoms with Crippen LogP contribution in [0.4, 0.5) is 0 Å². The quantitative estimate of drug-likeness (QED) is 0.0466. The second kappa shape index (κ2) is 27.9. The summed E-state index contributed by atoms with van der Waals surface area (Å²) < 4.78 is 0. The Hall–Kier alpha value is -6.06. The van der Waals surface area contributed by atoms with Gasteiger partial charge in [-0.15, -0.1) is 0 Å². The van der Waals surface area contributed by atoms with E-state index in [1.807, 2.05) is 19.1 Å². The molecule has 6 atom stereocenters. The molecule has 22 heteroatoms. The van der Waals surface area contributed by atoms with Crippen LogP contribution in [-0.2, 0) is 58.5 Å². The van der Waals surface area contributed by atoms with Gasteiger partial charge in [0.05, 0.1) is 18.9 Å². The molecule has 0 radical (unpaired) electrons. The van der Waals surface area contributed by atoms with Gasteiger partial charge in [0, 0.05) is 24.3 Å². The summed E-state index contributed by atoms with van der Waals surface area (Å²) in [6.45, 7) is 10.3. The minimum absolute atomic E-state index is 0.0885. The fourth-order valence-electron chi connectivity index (χ4n) is 6.00. The van der Waals surface area contributed by atoms with Gasteiger partial charge >= 0.3 is 17.9 Å². The molecule has 356 valence electrons. The Morgan fingerprint density at radius 2 is 1.16 bits per heavy atom. The molecule has 0 aliphatic carbocycles. The molecule has 1 rings (SSSR count). The highest BCUT2D eigenvalue weighted by Crippen LogP contribution is 2.21. The van der Waals surface area contributed by atoms with Crippen molar-refractivity contribution >= 4 is 76.8 Å². The SMILES string of the molecule is CCCC[C@H](NC(=O)[C@H](CC(C)C)NC(=O)[C@@H](NC(=O)[C@H](CSCc1ccccc1)NC(=O)[C@H](CCC(=O)O)NC(=O)[C@H](CC(=O)O)NC(=O)CCC(=O)O)C(C)(C)C)C(=O)C(N)=O. The zero-order chi connectivity index (χ0) is 48.7. The largest absolute Gasteiger partial charge is 0.481 e. The zero-order valence-corrected chi connectivity index (χ0v) is 37.8. The van der Waals surface area contributed by atoms with Gasteiger partial charge < -0.3 is 53.0 Å². The Morgan fingerprint density at radius 3 is 1.69 bits per heavy atom. The van der Waals surface area contributed by atoms with Gasteiger partial charge in [0.1, 0.15) is 30.2 Å². The predicted octanol–water partition coefficient (Wildman–Crippen LogP) is 0.370. The fourth-order valence-corrected chi connectivity index (χ4v) is 7.02. The van der Waals surface area contributed by atoms with Crippen LogP contribution in [0.1, 0.15) is 105 Å². The lowest BCUT2D eigenvalue weighted by molar-refractivity contribution is -0.142. The molecule has 11 N–H and O–H groups in total. The van der Waals surface area contributed by atoms with Crippen LogP contribution >= 0.6 is 11.8 Å². The molecular formula is C42H63N7O14S. The van der Waals surface area contributed by atoms with Gasteiger partial charge in [-0.25, -0.2) is 0 Å². The van der Waals surface area contributed by atoms with Gasteiger partial charge in [-0.1, -0.05) is 84.7 Å². The second-order valence-corrected chi connectivity index (χ2v) is 17.6. The average molecular weight is 922 g/mol. The molecule has 0 aromatic heterocycles. The van der Waals surface area contributed by atoms with Crippen LogP contribution in [0.2, 0.25) is 0 Å². The Balaban J connectivity index is 3.54. The Kier molecular flexibility index (Phi) is 24.4. The Labute approximate surface area is 375 Å². The smallest absolute Gasteiger partial charge is 0.305 e. The molecule has 7 amide bonds. The normalized spacial score (nSPS) is 14.0. The number of carbonyl (C=O) groups excluding carboxylic acids is 8. The first-order valence-electron chi connectivity index (χ1n) is 20.8. The zero-order valence-electron chi connectivity index (χ0n) is 37.0. The lowest BCUT2D eigenvalue weighted by Crippen LogP contribution is -2.62. The lowest BCUT2D eigenvalue weighted by Gasteiger charge is -2.33. The third-order valence-corrected chi connectivity index (χ3v) is 10.5. The molecule has 0 aliphatic heterocycles. The number of carbonyl (C=O) groups is 11. The Bertz CT molecular complexity index is 1820. The second-order valence-electron chi connectivity index (χ2n) is 16.6. The molecular weight excluding hydrogens is 859 g/mol. The topological polar surface area (TPSA) is 347 Å². The molecule has 0 saturated heterocycles. The van der Waals surface area contributed by atoms with Gasteiger partial charge in [-0.3, -0.25) is 52.7 Å². The van der Waals surface area contributed by atoms with E-state index in [4.69, 9.17) is 10.8 Å². The summed E-state index contributed by atoms with van der Waals surface area (Å²) in [4.78, 5) is 140. The molecule has 0 spiro atoms. The van der Waals surface area contributed by atoms with Crippen molar-refractivity contribution in [1.29, 1.82) is 0 Å². The van der Waals surface area contributed by atoms with E-state index in [0.717, 1.165) is 5.56 Å². The summed E-state index contributed by atoms with van der Waals surface area (Å²) in [6, 6.07) is 0.241. The highest BCUT2D eigenvalue weighted by atomic mass is 32.2. The summed E-state index contributed by atoms with van der Waals surface area (Å²) in [5, 5.41) is 42.5. The van der Waals surface area contributed by atoms with Gasteiger partial charge in [0.25, 0.3) is 5.91 Å². The number of benzene rings is 1. The van der Waals surface area contributed by atoms with E-state index in [1.54, 1.807) is 52.8 Å². The molecule has 0 bridgehead atoms. The van der Waals surface area contributed by atoms with E-state index in [1.165, 1.54) is 11.8 Å². The van der Waals surface area contributed by atoms with Crippen molar-refractivity contribution < 1.29 is 68.1 Å². The first-order valence-corrected chi connectivity index (χ1v) is 21.9. The summed E-state index contributed by atoms with van der Waals surface area (Å²) in [5.74, 6) is -12.2. The molecule has 0 aliphatic rings. The van der Waals surface area contributed by atoms with Crippen LogP contribution < -0.4 is 37.6 Å². The van der Waals surface area contributed by atoms with E-state index >= 15 is 0 Å². The first kappa shape index (κ1) is 56.0. The number of primary amides is 1. The third-order valence-electron chi connectivity index (χ3n) is 9.38. The number of unbranched alkanes of at least 4 members (excludes halogenated alkanes) is 1. The van der Waals surface area contributed by atoms with Crippen LogP contribution in [0.3, 0.4) is 0 Å². The van der Waals surface area contributed by atoms with Crippen molar-refractivity contribution in [2.24, 2.45) is 17.1 Å². The highest BCUT2D eigenvalue weighted by Gasteiger charge is 2.38. The Morgan fingerprint density at radius 1 is 0.625 bits per heavy atom. The maximum absolute atomic E-state index is 14.2. The molecule has 64 heavy (non-hydrogen) atoms. The molecule has 1 aromatic rings. The first-order chi connectivity index (χ1) is 29.9. The number of ketones is 1. The standard InChI is InChI=1S/C42H63N7O14S/c1-7-8-14-25(34(57)36(43)58)45-38(60)27(19-23(2)3)47-41(63)35(42(4,5)6)49-40(62)29(22-64-21-24-12-10-9-11-13-24)48-37(59)26(15-17-31(51)52)46-39(61)28(20-33(55)56)44-30(50)16-18-32(53)54/h9-13,23,25-29,35H,7-8,14-22H2,1-6H3,(H2,43,58)(H,44,50)(H,45,60)(H,46,61)(H,47,63)(H,48,59)(H,49,62)(H,51,52)(H,53,54)(H,55,56)/t25-,26-,27-,28-,29-,35+/m0/s1. The van der Waals surface area contributed by atoms with Gasteiger partial charge in [0.15, 0.2) is 0 Å². The summed E-state index contributed by atoms with van der Waals surface area (Å²) in [5.41, 5.74) is 5.04. The van der Waals surface area contributed by atoms with Crippen LogP contribution in [0.25, 0.3) is 0 Å². The molecule has 1 aromatic carbocycles. The fraction of sp³-hybridized carbons (Fsp3) is 0.595. The lowest BCUT2D eigenvalue weighted by atomic mass is 9.85. The van der Waals surface area contributed by atoms with E-state index < -0.39 is 139 Å². The highest BCUT2D eigenvalue weighted by molar-refractivity contribution is 7.98. The number of thioether (sulfide) groups is 1. The summed E-state index contributed by atoms with van der Waals surface area (Å²) in [6.07, 6.45) is -2.11. The maximum atomic E-state index is 14.2. The number of Topliss-reactive ketones (excluding diaryl/α,β-unsaturated/α-hetero) is 1. The summed E-state index contributed by atoms with van der Waals surface area (Å²) >= 11 is 1.21. The monoisotopic (exact) mass is 921 g/mol. The van der Waals surface area contributed by atoms with E-state index in [9.17, 15) is 63.0 Å². The minimum atomic E-state index is -1.81. The predicted molar refractivity (Wildman–Crippen MR) is 233 cm³/mol. The van der Waals surface area contributed by atoms with Crippen molar-refractivity contribution in [3.05, 3.63) is 35.9 Å². The number of hydrogen-bond donors (Lipinski definition) is 10. The number of amides is 7. The number of nitrogens with one attached hydrogen (secondary N) is 6. The van der Waals surface area contributed by atoms with Crippen molar-refractivity contribution in [3.63, 3.8) is 0 Å². The summed E-state index contributed by atoms with van der Waals surface area (Å²) in [7, 11) is 0. The number of rotatable bonds is 30. The number of nitrogens with two attached hydrogens (primary N) is 1. The maximum Gasteiger partial charge on any atom is 0.305 e. The molecule has 0 unspecified atom stereocenters. The van der Waals surface area contributed by atoms with E-state index in [0.29, 0.717) is 18.6 Å². The number of carboxylic acid groups (broad SMARTS) is 3. The van der Waals surface area contributed by atoms with Gasteiger partial charge in [0.2, 0.25) is 41.2 Å². The van der Waals surface area contributed by atoms with Crippen LogP contribution in [0.5, 0.6) is 0 Å². The minimum Gasteiger partial charge on any atom is -0.481 e. The van der Waals surface area contributed by atoms with E-state index in [-0.39, 0.29) is 24.5 Å². The van der Waals surface area contributed by atoms with Crippen molar-refractivity contribution in [3.8, 4) is 0 Å². The average Bonchev–Trinajstić information content (AvgIpc) is 3.20. The van der Waals surface area contributed by atoms with Gasteiger partial charge in [-0.05, 0) is 36.2 Å². The molecule has 0 saturated carbocycles. The molecule has 0 heterocycles. The van der Waals surface area contributed by atoms with E-state index in [2.05, 4.69) is 31.9 Å². The number of hydrogen-bond acceptors (Lipinski definition) is 12. The van der Waals surface area contributed by atoms with Crippen molar-refractivity contribution in [1.82, 2.24) is 31.9 Å². The van der Waals surface area contributed by atoms with Crippen molar-refractivity contribution in [2.75, 3.05) is 5.75 Å². The van der Waals surface area contributed by atoms with Crippen LogP contribution in [0, 0.1) is 11.3 Å².